The van der Waals surface area contributed by atoms with Crippen LogP contribution in [0.4, 0.5) is 4.39 Å². The Kier molecular flexibility index (Phi) is 3.71. The van der Waals surface area contributed by atoms with Gasteiger partial charge in [-0.25, -0.2) is 4.39 Å². The molecule has 1 aromatic carbocycles. The molecule has 17 heavy (non-hydrogen) atoms. The molecule has 1 heterocycles. The molecule has 4 heteroatoms. The van der Waals surface area contributed by atoms with Crippen molar-refractivity contribution < 1.29 is 14.2 Å². The summed E-state index contributed by atoms with van der Waals surface area (Å²) in [6, 6.07) is 4.57. The van der Waals surface area contributed by atoms with Crippen LogP contribution in [0.2, 0.25) is 5.02 Å². The highest BCUT2D eigenvalue weighted by Crippen LogP contribution is 2.32. The summed E-state index contributed by atoms with van der Waals surface area (Å²) >= 11 is 5.96. The van der Waals surface area contributed by atoms with Crippen molar-refractivity contribution in [2.24, 2.45) is 5.92 Å². The number of hydrogen-bond donors (Lipinski definition) is 1. The van der Waals surface area contributed by atoms with Gasteiger partial charge in [0.1, 0.15) is 5.82 Å². The summed E-state index contributed by atoms with van der Waals surface area (Å²) in [6.07, 6.45) is 1.02. The average Bonchev–Trinajstić information content (AvgIpc) is 2.77. The van der Waals surface area contributed by atoms with Gasteiger partial charge in [-0.05, 0) is 25.5 Å². The number of rotatable bonds is 3. The lowest BCUT2D eigenvalue weighted by molar-refractivity contribution is -0.00516. The van der Waals surface area contributed by atoms with Crippen molar-refractivity contribution in [1.29, 1.82) is 0 Å². The second kappa shape index (κ2) is 4.92. The Labute approximate surface area is 105 Å². The highest BCUT2D eigenvalue weighted by Gasteiger charge is 2.35. The Hall–Kier alpha value is -0.640. The minimum atomic E-state index is -0.984. The molecule has 0 amide bonds. The van der Waals surface area contributed by atoms with Crippen molar-refractivity contribution in [1.82, 2.24) is 0 Å². The van der Waals surface area contributed by atoms with Crippen molar-refractivity contribution in [3.05, 3.63) is 34.6 Å². The Balaban J connectivity index is 2.19. The van der Waals surface area contributed by atoms with E-state index in [1.165, 1.54) is 6.07 Å². The SMILES string of the molecule is CC(O)(Cc1c(F)cccc1Cl)C1CCOC1. The third-order valence-corrected chi connectivity index (χ3v) is 3.76. The van der Waals surface area contributed by atoms with E-state index in [1.54, 1.807) is 19.1 Å². The molecule has 0 aromatic heterocycles. The molecule has 0 radical (unpaired) electrons. The molecular weight excluding hydrogens is 243 g/mol. The monoisotopic (exact) mass is 258 g/mol. The predicted molar refractivity (Wildman–Crippen MR) is 64.7 cm³/mol. The van der Waals surface area contributed by atoms with Crippen LogP contribution < -0.4 is 0 Å². The second-order valence-electron chi connectivity index (χ2n) is 4.79. The first-order valence-corrected chi connectivity index (χ1v) is 6.11. The Morgan fingerprint density at radius 2 is 2.35 bits per heavy atom. The molecule has 0 bridgehead atoms. The number of halogens is 2. The lowest BCUT2D eigenvalue weighted by Gasteiger charge is -2.29. The van der Waals surface area contributed by atoms with E-state index in [0.29, 0.717) is 23.8 Å². The fraction of sp³-hybridized carbons (Fsp3) is 0.538. The first-order chi connectivity index (χ1) is 8.00. The van der Waals surface area contributed by atoms with Gasteiger partial charge in [0, 0.05) is 29.5 Å². The van der Waals surface area contributed by atoms with Crippen molar-refractivity contribution in [3.63, 3.8) is 0 Å². The van der Waals surface area contributed by atoms with Crippen LogP contribution in [-0.2, 0) is 11.2 Å². The molecule has 2 unspecified atom stereocenters. The van der Waals surface area contributed by atoms with E-state index in [1.807, 2.05) is 0 Å². The molecule has 0 saturated carbocycles. The highest BCUT2D eigenvalue weighted by molar-refractivity contribution is 6.31. The fourth-order valence-corrected chi connectivity index (χ4v) is 2.46. The van der Waals surface area contributed by atoms with E-state index < -0.39 is 5.60 Å². The molecule has 1 aliphatic heterocycles. The van der Waals surface area contributed by atoms with E-state index in [4.69, 9.17) is 16.3 Å². The van der Waals surface area contributed by atoms with Crippen LogP contribution in [0.1, 0.15) is 18.9 Å². The number of aliphatic hydroxyl groups is 1. The Morgan fingerprint density at radius 1 is 1.59 bits per heavy atom. The topological polar surface area (TPSA) is 29.5 Å². The van der Waals surface area contributed by atoms with Crippen molar-refractivity contribution in [3.8, 4) is 0 Å². The predicted octanol–water partition coefficient (Wildman–Crippen LogP) is 2.81. The van der Waals surface area contributed by atoms with Gasteiger partial charge in [-0.15, -0.1) is 0 Å². The quantitative estimate of drug-likeness (QED) is 0.903. The van der Waals surface area contributed by atoms with Gasteiger partial charge >= 0.3 is 0 Å². The lowest BCUT2D eigenvalue weighted by atomic mass is 9.83. The molecule has 2 nitrogen and oxygen atoms in total. The lowest BCUT2D eigenvalue weighted by Crippen LogP contribution is -2.37. The standard InChI is InChI=1S/C13H16ClFO2/c1-13(16,9-5-6-17-8-9)7-10-11(14)3-2-4-12(10)15/h2-4,9,16H,5-8H2,1H3. The maximum Gasteiger partial charge on any atom is 0.127 e. The molecule has 1 fully saturated rings. The van der Waals surface area contributed by atoms with Crippen LogP contribution in [-0.4, -0.2) is 23.9 Å². The van der Waals surface area contributed by atoms with Crippen LogP contribution in [0.5, 0.6) is 0 Å². The number of hydrogen-bond acceptors (Lipinski definition) is 2. The van der Waals surface area contributed by atoms with Crippen LogP contribution >= 0.6 is 11.6 Å². The van der Waals surface area contributed by atoms with Gasteiger partial charge in [-0.1, -0.05) is 17.7 Å². The fourth-order valence-electron chi connectivity index (χ4n) is 2.23. The maximum absolute atomic E-state index is 13.6. The van der Waals surface area contributed by atoms with Gasteiger partial charge in [-0.3, -0.25) is 0 Å². The van der Waals surface area contributed by atoms with Crippen LogP contribution in [0.3, 0.4) is 0 Å². The maximum atomic E-state index is 13.6. The molecule has 0 spiro atoms. The van der Waals surface area contributed by atoms with E-state index in [9.17, 15) is 9.50 Å². The van der Waals surface area contributed by atoms with Gasteiger partial charge in [0.2, 0.25) is 0 Å². The summed E-state index contributed by atoms with van der Waals surface area (Å²) in [6.45, 7) is 2.90. The number of benzene rings is 1. The van der Waals surface area contributed by atoms with E-state index >= 15 is 0 Å². The zero-order valence-corrected chi connectivity index (χ0v) is 10.5. The highest BCUT2D eigenvalue weighted by atomic mass is 35.5. The summed E-state index contributed by atoms with van der Waals surface area (Å²) < 4.78 is 18.9. The largest absolute Gasteiger partial charge is 0.389 e. The summed E-state index contributed by atoms with van der Waals surface area (Å²) in [7, 11) is 0. The van der Waals surface area contributed by atoms with E-state index in [0.717, 1.165) is 6.42 Å². The zero-order valence-electron chi connectivity index (χ0n) is 9.75. The summed E-state index contributed by atoms with van der Waals surface area (Å²) in [4.78, 5) is 0. The summed E-state index contributed by atoms with van der Waals surface area (Å²) in [5.74, 6) is -0.324. The molecule has 1 aromatic rings. The van der Waals surface area contributed by atoms with Gasteiger partial charge in [0.25, 0.3) is 0 Å². The van der Waals surface area contributed by atoms with E-state index in [-0.39, 0.29) is 18.2 Å². The molecule has 2 rings (SSSR count). The molecular formula is C13H16ClFO2. The Morgan fingerprint density at radius 3 is 2.94 bits per heavy atom. The minimum absolute atomic E-state index is 0.0400. The van der Waals surface area contributed by atoms with Gasteiger partial charge in [0.15, 0.2) is 0 Å². The van der Waals surface area contributed by atoms with Crippen molar-refractivity contribution in [2.45, 2.75) is 25.4 Å². The van der Waals surface area contributed by atoms with Crippen molar-refractivity contribution in [2.75, 3.05) is 13.2 Å². The van der Waals surface area contributed by atoms with Gasteiger partial charge < -0.3 is 9.84 Å². The molecule has 2 atom stereocenters. The van der Waals surface area contributed by atoms with Crippen LogP contribution in [0, 0.1) is 11.7 Å². The summed E-state index contributed by atoms with van der Waals surface area (Å²) in [5, 5.41) is 10.8. The smallest absolute Gasteiger partial charge is 0.127 e. The van der Waals surface area contributed by atoms with Crippen LogP contribution in [0.15, 0.2) is 18.2 Å². The van der Waals surface area contributed by atoms with Crippen molar-refractivity contribution >= 4 is 11.6 Å². The first-order valence-electron chi connectivity index (χ1n) is 5.74. The third-order valence-electron chi connectivity index (χ3n) is 3.41. The third kappa shape index (κ3) is 2.79. The molecule has 0 aliphatic carbocycles. The molecule has 1 saturated heterocycles. The van der Waals surface area contributed by atoms with E-state index in [2.05, 4.69) is 0 Å². The molecule has 1 N–H and O–H groups in total. The number of ether oxygens (including phenoxy) is 1. The van der Waals surface area contributed by atoms with Crippen LogP contribution in [0.25, 0.3) is 0 Å². The first kappa shape index (κ1) is 12.8. The molecule has 94 valence electrons. The van der Waals surface area contributed by atoms with Gasteiger partial charge in [0.05, 0.1) is 12.2 Å². The Bertz CT molecular complexity index is 380. The summed E-state index contributed by atoms with van der Waals surface area (Å²) in [5.41, 5.74) is -0.603. The molecule has 1 aliphatic rings. The second-order valence-corrected chi connectivity index (χ2v) is 5.20. The van der Waals surface area contributed by atoms with Gasteiger partial charge in [-0.2, -0.15) is 0 Å². The average molecular weight is 259 g/mol. The zero-order chi connectivity index (χ0) is 12.5. The minimum Gasteiger partial charge on any atom is -0.389 e. The normalized spacial score (nSPS) is 23.6.